The lowest BCUT2D eigenvalue weighted by molar-refractivity contribution is -0.0144. The third-order valence-corrected chi connectivity index (χ3v) is 5.46. The van der Waals surface area contributed by atoms with E-state index >= 15 is 0 Å². The molecule has 0 aromatic heterocycles. The molecule has 4 rings (SSSR count). The molecule has 0 radical (unpaired) electrons. The summed E-state index contributed by atoms with van der Waals surface area (Å²) in [5, 5.41) is 11.0. The normalized spacial score (nSPS) is 23.1. The molecule has 2 aliphatic heterocycles. The quantitative estimate of drug-likeness (QED) is 0.808. The van der Waals surface area contributed by atoms with Crippen molar-refractivity contribution in [1.82, 2.24) is 4.90 Å². The molecule has 0 bridgehead atoms. The first-order chi connectivity index (χ1) is 14.2. The Labute approximate surface area is 177 Å². The molecule has 6 nitrogen and oxygen atoms in total. The average molecular weight is 411 g/mol. The summed E-state index contributed by atoms with van der Waals surface area (Å²) in [6, 6.07) is 15.5. The van der Waals surface area contributed by atoms with E-state index in [-0.39, 0.29) is 6.09 Å². The number of carbonyl (C=O) groups is 1. The number of benzene rings is 2. The van der Waals surface area contributed by atoms with E-state index < -0.39 is 17.3 Å². The summed E-state index contributed by atoms with van der Waals surface area (Å²) in [4.78, 5) is 14.1. The van der Waals surface area contributed by atoms with Gasteiger partial charge in [-0.25, -0.2) is 4.79 Å². The number of hydrogen-bond acceptors (Lipinski definition) is 5. The third-order valence-electron chi connectivity index (χ3n) is 5.46. The highest BCUT2D eigenvalue weighted by molar-refractivity contribution is 5.68. The molecule has 30 heavy (non-hydrogen) atoms. The molecule has 2 aromatic rings. The van der Waals surface area contributed by atoms with Crippen LogP contribution in [0.25, 0.3) is 0 Å². The highest BCUT2D eigenvalue weighted by Gasteiger charge is 2.48. The predicted molar refractivity (Wildman–Crippen MR) is 113 cm³/mol. The maximum Gasteiger partial charge on any atom is 0.410 e. The molecule has 1 amide bonds. The zero-order valence-electron chi connectivity index (χ0n) is 17.8. The number of fused-ring (bicyclic) bond motifs is 1. The highest BCUT2D eigenvalue weighted by Crippen LogP contribution is 2.47. The number of aliphatic hydroxyl groups is 1. The van der Waals surface area contributed by atoms with Crippen LogP contribution in [0.15, 0.2) is 48.5 Å². The Morgan fingerprint density at radius 3 is 2.70 bits per heavy atom. The van der Waals surface area contributed by atoms with Gasteiger partial charge in [0, 0.05) is 19.4 Å². The van der Waals surface area contributed by atoms with Crippen molar-refractivity contribution in [2.45, 2.75) is 57.5 Å². The van der Waals surface area contributed by atoms with E-state index in [4.69, 9.17) is 14.2 Å². The number of likely N-dealkylation sites (tertiary alicyclic amines) is 1. The Kier molecular flexibility index (Phi) is 5.36. The largest absolute Gasteiger partial charge is 0.488 e. The van der Waals surface area contributed by atoms with Gasteiger partial charge in [-0.1, -0.05) is 36.4 Å². The Hall–Kier alpha value is -2.73. The Bertz CT molecular complexity index is 908. The summed E-state index contributed by atoms with van der Waals surface area (Å²) in [6.45, 7) is 6.91. The SMILES string of the molecule is CC(C)(C)OC(=O)N1CC[C@]2(C[C@@H](O)c3c(OCc4ccccc4)cccc3O2)C1. The third kappa shape index (κ3) is 4.38. The zero-order valence-corrected chi connectivity index (χ0v) is 17.8. The topological polar surface area (TPSA) is 68.2 Å². The summed E-state index contributed by atoms with van der Waals surface area (Å²) in [6.07, 6.45) is -0.00873. The predicted octanol–water partition coefficient (Wildman–Crippen LogP) is 4.46. The monoisotopic (exact) mass is 411 g/mol. The van der Waals surface area contributed by atoms with Gasteiger partial charge in [-0.2, -0.15) is 0 Å². The van der Waals surface area contributed by atoms with Gasteiger partial charge in [-0.15, -0.1) is 0 Å². The van der Waals surface area contributed by atoms with Crippen molar-refractivity contribution < 1.29 is 24.1 Å². The van der Waals surface area contributed by atoms with E-state index in [9.17, 15) is 9.90 Å². The van der Waals surface area contributed by atoms with Crippen molar-refractivity contribution in [3.63, 3.8) is 0 Å². The Morgan fingerprint density at radius 1 is 1.20 bits per heavy atom. The van der Waals surface area contributed by atoms with Crippen LogP contribution in [0.3, 0.4) is 0 Å². The van der Waals surface area contributed by atoms with Gasteiger partial charge in [0.2, 0.25) is 0 Å². The van der Waals surface area contributed by atoms with Crippen molar-refractivity contribution >= 4 is 6.09 Å². The summed E-state index contributed by atoms with van der Waals surface area (Å²) >= 11 is 0. The van der Waals surface area contributed by atoms with Crippen LogP contribution in [-0.4, -0.2) is 40.4 Å². The van der Waals surface area contributed by atoms with Crippen LogP contribution in [0.2, 0.25) is 0 Å². The molecule has 1 spiro atoms. The van der Waals surface area contributed by atoms with Gasteiger partial charge >= 0.3 is 6.09 Å². The molecule has 1 N–H and O–H groups in total. The molecule has 2 heterocycles. The number of amides is 1. The molecule has 160 valence electrons. The molecule has 1 saturated heterocycles. The maximum absolute atomic E-state index is 12.5. The Morgan fingerprint density at radius 2 is 1.97 bits per heavy atom. The number of hydrogen-bond donors (Lipinski definition) is 1. The van der Waals surface area contributed by atoms with Crippen molar-refractivity contribution in [3.05, 3.63) is 59.7 Å². The second-order valence-electron chi connectivity index (χ2n) is 9.10. The smallest absolute Gasteiger partial charge is 0.410 e. The van der Waals surface area contributed by atoms with E-state index in [1.807, 2.05) is 69.3 Å². The number of ether oxygens (including phenoxy) is 3. The van der Waals surface area contributed by atoms with Gasteiger partial charge in [-0.3, -0.25) is 0 Å². The molecule has 2 aromatic carbocycles. The summed E-state index contributed by atoms with van der Waals surface area (Å²) in [7, 11) is 0. The molecule has 0 unspecified atom stereocenters. The van der Waals surface area contributed by atoms with Crippen LogP contribution < -0.4 is 9.47 Å². The minimum absolute atomic E-state index is 0.344. The van der Waals surface area contributed by atoms with Crippen LogP contribution in [0.1, 0.15) is 50.8 Å². The van der Waals surface area contributed by atoms with E-state index in [1.54, 1.807) is 4.90 Å². The second kappa shape index (κ2) is 7.84. The molecule has 2 atom stereocenters. The van der Waals surface area contributed by atoms with Gasteiger partial charge < -0.3 is 24.2 Å². The minimum Gasteiger partial charge on any atom is -0.488 e. The zero-order chi connectivity index (χ0) is 21.4. The van der Waals surface area contributed by atoms with Gasteiger partial charge in [-0.05, 0) is 38.5 Å². The minimum atomic E-state index is -0.723. The van der Waals surface area contributed by atoms with Crippen LogP contribution in [0, 0.1) is 0 Å². The van der Waals surface area contributed by atoms with Crippen molar-refractivity contribution in [1.29, 1.82) is 0 Å². The maximum atomic E-state index is 12.5. The van der Waals surface area contributed by atoms with Crippen LogP contribution in [0.4, 0.5) is 4.79 Å². The summed E-state index contributed by atoms with van der Waals surface area (Å²) in [5.41, 5.74) is 0.579. The van der Waals surface area contributed by atoms with Gasteiger partial charge in [0.15, 0.2) is 0 Å². The molecular weight excluding hydrogens is 382 g/mol. The molecule has 6 heteroatoms. The van der Waals surface area contributed by atoms with E-state index in [2.05, 4.69) is 0 Å². The molecular formula is C24H29NO5. The van der Waals surface area contributed by atoms with Gasteiger partial charge in [0.05, 0.1) is 18.2 Å². The fourth-order valence-electron chi connectivity index (χ4n) is 4.11. The van der Waals surface area contributed by atoms with Gasteiger partial charge in [0.25, 0.3) is 0 Å². The highest BCUT2D eigenvalue weighted by atomic mass is 16.6. The molecule has 1 fully saturated rings. The number of rotatable bonds is 3. The first-order valence-corrected chi connectivity index (χ1v) is 10.4. The lowest BCUT2D eigenvalue weighted by Crippen LogP contribution is -2.45. The molecule has 0 saturated carbocycles. The first-order valence-electron chi connectivity index (χ1n) is 10.4. The second-order valence-corrected chi connectivity index (χ2v) is 9.10. The lowest BCUT2D eigenvalue weighted by Gasteiger charge is -2.38. The Balaban J connectivity index is 1.49. The fraction of sp³-hybridized carbons (Fsp3) is 0.458. The lowest BCUT2D eigenvalue weighted by atomic mass is 9.87. The van der Waals surface area contributed by atoms with Crippen molar-refractivity contribution in [2.24, 2.45) is 0 Å². The number of carbonyl (C=O) groups excluding carboxylic acids is 1. The van der Waals surface area contributed by atoms with Crippen LogP contribution in [0.5, 0.6) is 11.5 Å². The van der Waals surface area contributed by atoms with E-state index in [1.165, 1.54) is 0 Å². The van der Waals surface area contributed by atoms with E-state index in [0.717, 1.165) is 5.56 Å². The standard InChI is InChI=1S/C24H29NO5/c1-23(2,3)30-22(27)25-13-12-24(16-25)14-18(26)21-19(10-7-11-20(21)29-24)28-15-17-8-5-4-6-9-17/h4-11,18,26H,12-16H2,1-3H3/t18-,24+/m1/s1. The number of nitrogens with zero attached hydrogens (tertiary/aromatic N) is 1. The van der Waals surface area contributed by atoms with Crippen molar-refractivity contribution in [3.8, 4) is 11.5 Å². The molecule has 0 aliphatic carbocycles. The number of aliphatic hydroxyl groups excluding tert-OH is 1. The van der Waals surface area contributed by atoms with Gasteiger partial charge in [0.1, 0.15) is 29.3 Å². The summed E-state index contributed by atoms with van der Waals surface area (Å²) in [5.74, 6) is 1.24. The average Bonchev–Trinajstić information content (AvgIpc) is 3.08. The summed E-state index contributed by atoms with van der Waals surface area (Å²) < 4.78 is 17.9. The molecule has 2 aliphatic rings. The fourth-order valence-corrected chi connectivity index (χ4v) is 4.11. The first kappa shape index (κ1) is 20.5. The van der Waals surface area contributed by atoms with Crippen LogP contribution in [-0.2, 0) is 11.3 Å². The van der Waals surface area contributed by atoms with Crippen molar-refractivity contribution in [2.75, 3.05) is 13.1 Å². The van der Waals surface area contributed by atoms with Crippen LogP contribution >= 0.6 is 0 Å². The van der Waals surface area contributed by atoms with E-state index in [0.29, 0.717) is 49.6 Å².